The maximum Gasteiger partial charge on any atom is 0.138 e. The minimum absolute atomic E-state index is 0. The van der Waals surface area contributed by atoms with Gasteiger partial charge in [-0.3, -0.25) is 0 Å². The van der Waals surface area contributed by atoms with Gasteiger partial charge < -0.3 is 18.8 Å². The van der Waals surface area contributed by atoms with Crippen LogP contribution in [0.3, 0.4) is 0 Å². The van der Waals surface area contributed by atoms with Crippen LogP contribution in [0.15, 0.2) is 136 Å². The van der Waals surface area contributed by atoms with Gasteiger partial charge in [-0.05, 0) is 47.6 Å². The average Bonchev–Trinajstić information content (AvgIpc) is 3.68. The molecule has 8 aromatic rings. The zero-order valence-electron chi connectivity index (χ0n) is 24.2. The zero-order chi connectivity index (χ0) is 29.2. The Hall–Kier alpha value is -4.83. The monoisotopic (exact) mass is 749 g/mol. The first-order chi connectivity index (χ1) is 21.2. The van der Waals surface area contributed by atoms with Crippen LogP contribution in [0, 0.1) is 12.1 Å². The van der Waals surface area contributed by atoms with Crippen LogP contribution in [0.4, 0.5) is 0 Å². The first kappa shape index (κ1) is 29.3. The Labute approximate surface area is 269 Å². The maximum atomic E-state index is 6.47. The molecule has 0 N–H and O–H groups in total. The number of fused-ring (bicyclic) bond motifs is 5. The molecular formula is C39H28IrN2O2-2. The number of hydrogen-bond acceptors (Lipinski definition) is 4. The van der Waals surface area contributed by atoms with Gasteiger partial charge in [0, 0.05) is 43.4 Å². The second-order valence-corrected chi connectivity index (χ2v) is 10.6. The van der Waals surface area contributed by atoms with Gasteiger partial charge in [-0.15, -0.1) is 54.1 Å². The van der Waals surface area contributed by atoms with E-state index in [9.17, 15) is 0 Å². The Morgan fingerprint density at radius 2 is 1.41 bits per heavy atom. The van der Waals surface area contributed by atoms with E-state index in [1.807, 2.05) is 91.1 Å². The van der Waals surface area contributed by atoms with Crippen molar-refractivity contribution in [2.24, 2.45) is 0 Å². The third-order valence-electron chi connectivity index (χ3n) is 7.51. The largest absolute Gasteiger partial charge is 0.500 e. The molecule has 217 valence electrons. The Balaban J connectivity index is 0.000000222. The molecule has 4 nitrogen and oxygen atoms in total. The number of furan rings is 2. The van der Waals surface area contributed by atoms with Gasteiger partial charge in [-0.25, -0.2) is 0 Å². The predicted molar refractivity (Wildman–Crippen MR) is 174 cm³/mol. The summed E-state index contributed by atoms with van der Waals surface area (Å²) in [6.45, 7) is 4.37. The van der Waals surface area contributed by atoms with Crippen molar-refractivity contribution < 1.29 is 28.9 Å². The van der Waals surface area contributed by atoms with Crippen molar-refractivity contribution in [3.05, 3.63) is 145 Å². The molecule has 5 heteroatoms. The van der Waals surface area contributed by atoms with Crippen LogP contribution in [0.2, 0.25) is 0 Å². The fraction of sp³-hybridized carbons (Fsp3) is 0.0769. The van der Waals surface area contributed by atoms with E-state index in [1.54, 1.807) is 6.20 Å². The maximum absolute atomic E-state index is 6.47. The summed E-state index contributed by atoms with van der Waals surface area (Å²) >= 11 is 0. The normalized spacial score (nSPS) is 11.0. The summed E-state index contributed by atoms with van der Waals surface area (Å²) in [5.41, 5.74) is 8.52. The van der Waals surface area contributed by atoms with Gasteiger partial charge in [0.2, 0.25) is 0 Å². The summed E-state index contributed by atoms with van der Waals surface area (Å²) in [6, 6.07) is 44.7. The van der Waals surface area contributed by atoms with Gasteiger partial charge in [0.25, 0.3) is 0 Å². The predicted octanol–water partition coefficient (Wildman–Crippen LogP) is 10.5. The molecule has 0 amide bonds. The van der Waals surface area contributed by atoms with E-state index in [1.165, 1.54) is 5.56 Å². The smallest absolute Gasteiger partial charge is 0.138 e. The van der Waals surface area contributed by atoms with Crippen molar-refractivity contribution in [2.45, 2.75) is 19.8 Å². The van der Waals surface area contributed by atoms with Gasteiger partial charge in [-0.2, -0.15) is 0 Å². The second kappa shape index (κ2) is 12.8. The number of pyridine rings is 2. The number of aromatic nitrogens is 2. The SMILES string of the molecule is CC(C)c1ccnc(-c2[c-]ccc3c2oc2c4cc(-c5ccccc5)oc4ccc32)c1.[Ir].[c-]1ccccc1-c1ccccn1. The van der Waals surface area contributed by atoms with Crippen LogP contribution >= 0.6 is 0 Å². The molecule has 0 fully saturated rings. The van der Waals surface area contributed by atoms with Gasteiger partial charge in [0.05, 0.1) is 11.0 Å². The Morgan fingerprint density at radius 3 is 2.18 bits per heavy atom. The van der Waals surface area contributed by atoms with E-state index in [0.717, 1.165) is 66.7 Å². The van der Waals surface area contributed by atoms with Crippen LogP contribution < -0.4 is 0 Å². The third kappa shape index (κ3) is 5.72. The summed E-state index contributed by atoms with van der Waals surface area (Å²) in [5, 5.41) is 3.10. The van der Waals surface area contributed by atoms with Crippen molar-refractivity contribution in [3.63, 3.8) is 0 Å². The van der Waals surface area contributed by atoms with E-state index >= 15 is 0 Å². The first-order valence-electron chi connectivity index (χ1n) is 14.3. The molecule has 8 rings (SSSR count). The first-order valence-corrected chi connectivity index (χ1v) is 14.3. The van der Waals surface area contributed by atoms with Crippen molar-refractivity contribution in [1.82, 2.24) is 9.97 Å². The Bertz CT molecular complexity index is 2110. The molecule has 0 unspecified atom stereocenters. The molecule has 0 bridgehead atoms. The zero-order valence-corrected chi connectivity index (χ0v) is 26.6. The van der Waals surface area contributed by atoms with Crippen LogP contribution in [-0.2, 0) is 20.1 Å². The average molecular weight is 749 g/mol. The molecule has 0 saturated heterocycles. The molecule has 0 saturated carbocycles. The molecule has 0 spiro atoms. The summed E-state index contributed by atoms with van der Waals surface area (Å²) in [5.74, 6) is 1.26. The second-order valence-electron chi connectivity index (χ2n) is 10.6. The molecule has 4 aromatic carbocycles. The number of rotatable bonds is 4. The molecule has 0 atom stereocenters. The fourth-order valence-electron chi connectivity index (χ4n) is 5.27. The van der Waals surface area contributed by atoms with Crippen LogP contribution in [0.25, 0.3) is 66.7 Å². The number of nitrogens with zero attached hydrogens (tertiary/aromatic N) is 2. The third-order valence-corrected chi connectivity index (χ3v) is 7.51. The van der Waals surface area contributed by atoms with Crippen LogP contribution in [0.5, 0.6) is 0 Å². The number of hydrogen-bond donors (Lipinski definition) is 0. The van der Waals surface area contributed by atoms with Crippen molar-refractivity contribution in [1.29, 1.82) is 0 Å². The molecule has 1 radical (unpaired) electrons. The summed E-state index contributed by atoms with van der Waals surface area (Å²) in [7, 11) is 0. The van der Waals surface area contributed by atoms with Gasteiger partial charge in [0.15, 0.2) is 0 Å². The quantitative estimate of drug-likeness (QED) is 0.168. The fourth-order valence-corrected chi connectivity index (χ4v) is 5.27. The molecular weight excluding hydrogens is 721 g/mol. The van der Waals surface area contributed by atoms with Crippen molar-refractivity contribution in [2.75, 3.05) is 0 Å². The number of benzene rings is 4. The van der Waals surface area contributed by atoms with Crippen molar-refractivity contribution in [3.8, 4) is 33.8 Å². The molecule has 4 aromatic heterocycles. The summed E-state index contributed by atoms with van der Waals surface area (Å²) in [6.07, 6.45) is 3.65. The van der Waals surface area contributed by atoms with E-state index in [4.69, 9.17) is 8.83 Å². The topological polar surface area (TPSA) is 52.1 Å². The standard InChI is InChI=1S/C28H20NO2.C11H8N.Ir/c1-17(2)19-13-14-29-24(15-19)22-10-6-9-20-21-11-12-25-23(28(21)31-27(20)22)16-26(30-25)18-7-4-3-5-8-18;1-2-6-10(7-3-1)11-8-4-5-9-12-11;/h3-9,11-17H,1-2H3;1-6,8-9H;/q2*-1;. The summed E-state index contributed by atoms with van der Waals surface area (Å²) < 4.78 is 12.6. The van der Waals surface area contributed by atoms with Crippen molar-refractivity contribution >= 4 is 32.9 Å². The van der Waals surface area contributed by atoms with E-state index in [0.29, 0.717) is 5.92 Å². The molecule has 0 aliphatic carbocycles. The van der Waals surface area contributed by atoms with Crippen LogP contribution in [-0.4, -0.2) is 9.97 Å². The van der Waals surface area contributed by atoms with E-state index in [-0.39, 0.29) is 20.1 Å². The Morgan fingerprint density at radius 1 is 0.614 bits per heavy atom. The Kier molecular flexibility index (Phi) is 8.51. The minimum atomic E-state index is 0. The molecule has 0 aliphatic heterocycles. The van der Waals surface area contributed by atoms with E-state index in [2.05, 4.69) is 66.3 Å². The van der Waals surface area contributed by atoms with Gasteiger partial charge in [-0.1, -0.05) is 78.9 Å². The van der Waals surface area contributed by atoms with Gasteiger partial charge in [0.1, 0.15) is 16.9 Å². The van der Waals surface area contributed by atoms with Gasteiger partial charge >= 0.3 is 0 Å². The molecule has 44 heavy (non-hydrogen) atoms. The minimum Gasteiger partial charge on any atom is -0.500 e. The molecule has 0 aliphatic rings. The van der Waals surface area contributed by atoms with E-state index < -0.39 is 0 Å². The van der Waals surface area contributed by atoms with Crippen LogP contribution in [0.1, 0.15) is 25.3 Å². The molecule has 4 heterocycles. The summed E-state index contributed by atoms with van der Waals surface area (Å²) in [4.78, 5) is 8.83.